The van der Waals surface area contributed by atoms with Gasteiger partial charge < -0.3 is 5.11 Å². The molecule has 0 aliphatic carbocycles. The second kappa shape index (κ2) is 5.29. The number of carboxylic acids is 1. The number of hydrogen-bond acceptors (Lipinski definition) is 3. The fourth-order valence-corrected chi connectivity index (χ4v) is 0.981. The van der Waals surface area contributed by atoms with E-state index in [0.29, 0.717) is 6.42 Å². The van der Waals surface area contributed by atoms with E-state index in [-0.39, 0.29) is 0 Å². The highest BCUT2D eigenvalue weighted by Gasteiger charge is 2.12. The number of carbonyl (C=O) groups is 1. The molecule has 0 saturated carbocycles. The zero-order valence-corrected chi connectivity index (χ0v) is 6.73. The van der Waals surface area contributed by atoms with Crippen molar-refractivity contribution in [1.29, 1.82) is 0 Å². The molecule has 0 aliphatic heterocycles. The predicted octanol–water partition coefficient (Wildman–Crippen LogP) is 0.893. The number of aliphatic carboxylic acids is 1. The van der Waals surface area contributed by atoms with Crippen molar-refractivity contribution in [3.63, 3.8) is 0 Å². The van der Waals surface area contributed by atoms with Gasteiger partial charge in [0.05, 0.1) is 0 Å². The Balaban J connectivity index is 3.60. The summed E-state index contributed by atoms with van der Waals surface area (Å²) in [7, 11) is 0. The molecule has 0 saturated heterocycles. The highest BCUT2D eigenvalue weighted by molar-refractivity contribution is 7.98. The monoisotopic (exact) mass is 161 g/mol. The largest absolute Gasteiger partial charge is 0.480 e. The highest BCUT2D eigenvalue weighted by Crippen LogP contribution is 2.03. The Hall–Kier alpha value is -0.510. The first-order valence-electron chi connectivity index (χ1n) is 2.90. The molecule has 0 aromatic heterocycles. The Morgan fingerprint density at radius 2 is 2.50 bits per heavy atom. The normalized spacial score (nSPS) is 12.5. The van der Waals surface area contributed by atoms with Gasteiger partial charge in [-0.3, -0.25) is 4.99 Å². The summed E-state index contributed by atoms with van der Waals surface area (Å²) in [6, 6.07) is -0.618. The average Bonchev–Trinajstić information content (AvgIpc) is 1.89. The zero-order valence-electron chi connectivity index (χ0n) is 5.91. The van der Waals surface area contributed by atoms with Gasteiger partial charge in [0.25, 0.3) is 0 Å². The SMILES string of the molecule is C=N[C@@H](CCSC)C(=O)O. The number of thioether (sulfide) groups is 1. The van der Waals surface area contributed by atoms with Crippen molar-refractivity contribution in [1.82, 2.24) is 0 Å². The lowest BCUT2D eigenvalue weighted by Crippen LogP contribution is -2.17. The average molecular weight is 161 g/mol. The highest BCUT2D eigenvalue weighted by atomic mass is 32.2. The van der Waals surface area contributed by atoms with E-state index in [1.807, 2.05) is 6.26 Å². The zero-order chi connectivity index (χ0) is 7.98. The minimum absolute atomic E-state index is 0.569. The van der Waals surface area contributed by atoms with E-state index in [2.05, 4.69) is 11.7 Å². The van der Waals surface area contributed by atoms with Crippen LogP contribution in [0.2, 0.25) is 0 Å². The summed E-state index contributed by atoms with van der Waals surface area (Å²) in [5, 5.41) is 8.46. The molecule has 0 unspecified atom stereocenters. The van der Waals surface area contributed by atoms with Gasteiger partial charge in [-0.1, -0.05) is 0 Å². The van der Waals surface area contributed by atoms with Crippen LogP contribution in [0.25, 0.3) is 0 Å². The lowest BCUT2D eigenvalue weighted by molar-refractivity contribution is -0.138. The van der Waals surface area contributed by atoms with Crippen molar-refractivity contribution in [3.05, 3.63) is 0 Å². The van der Waals surface area contributed by atoms with E-state index in [9.17, 15) is 4.79 Å². The molecule has 58 valence electrons. The first-order chi connectivity index (χ1) is 4.72. The smallest absolute Gasteiger partial charge is 0.328 e. The molecule has 0 bridgehead atoms. The second-order valence-electron chi connectivity index (χ2n) is 1.82. The molecule has 10 heavy (non-hydrogen) atoms. The third-order valence-corrected chi connectivity index (χ3v) is 1.74. The molecular formula is C6H11NO2S. The van der Waals surface area contributed by atoms with Crippen LogP contribution >= 0.6 is 11.8 Å². The van der Waals surface area contributed by atoms with Gasteiger partial charge in [0.2, 0.25) is 0 Å². The van der Waals surface area contributed by atoms with Gasteiger partial charge in [-0.25, -0.2) is 4.79 Å². The van der Waals surface area contributed by atoms with Crippen LogP contribution in [0.15, 0.2) is 4.99 Å². The molecule has 0 spiro atoms. The third-order valence-electron chi connectivity index (χ3n) is 1.10. The van der Waals surface area contributed by atoms with Crippen LogP contribution in [0.1, 0.15) is 6.42 Å². The van der Waals surface area contributed by atoms with Crippen molar-refractivity contribution >= 4 is 24.4 Å². The van der Waals surface area contributed by atoms with Crippen LogP contribution in [0, 0.1) is 0 Å². The van der Waals surface area contributed by atoms with Crippen molar-refractivity contribution in [2.45, 2.75) is 12.5 Å². The minimum Gasteiger partial charge on any atom is -0.480 e. The molecular weight excluding hydrogens is 150 g/mol. The summed E-state index contributed by atoms with van der Waals surface area (Å²) in [4.78, 5) is 13.8. The molecule has 0 aromatic carbocycles. The fourth-order valence-electron chi connectivity index (χ4n) is 0.522. The van der Waals surface area contributed by atoms with Crippen LogP contribution in [-0.4, -0.2) is 35.8 Å². The predicted molar refractivity (Wildman–Crippen MR) is 44.0 cm³/mol. The van der Waals surface area contributed by atoms with Crippen molar-refractivity contribution in [2.75, 3.05) is 12.0 Å². The Morgan fingerprint density at radius 1 is 1.90 bits per heavy atom. The minimum atomic E-state index is -0.885. The molecule has 0 heterocycles. The second-order valence-corrected chi connectivity index (χ2v) is 2.80. The van der Waals surface area contributed by atoms with Crippen molar-refractivity contribution in [2.24, 2.45) is 4.99 Å². The molecule has 0 aromatic rings. The summed E-state index contributed by atoms with van der Waals surface area (Å²) in [6.07, 6.45) is 2.50. The van der Waals surface area contributed by atoms with Gasteiger partial charge in [0.15, 0.2) is 0 Å². The van der Waals surface area contributed by atoms with E-state index in [0.717, 1.165) is 5.75 Å². The van der Waals surface area contributed by atoms with Crippen LogP contribution in [-0.2, 0) is 4.79 Å². The van der Waals surface area contributed by atoms with E-state index in [1.165, 1.54) is 0 Å². The topological polar surface area (TPSA) is 49.7 Å². The lowest BCUT2D eigenvalue weighted by atomic mass is 10.2. The number of hydrogen-bond donors (Lipinski definition) is 1. The number of aliphatic imine (C=N–C) groups is 1. The fraction of sp³-hybridized carbons (Fsp3) is 0.667. The first kappa shape index (κ1) is 9.49. The standard InChI is InChI=1S/C6H11NO2S/c1-7-5(6(8)9)3-4-10-2/h5H,1,3-4H2,2H3,(H,8,9)/t5-/m0/s1. The number of carboxylic acid groups (broad SMARTS) is 1. The van der Waals surface area contributed by atoms with Gasteiger partial charge in [0, 0.05) is 0 Å². The van der Waals surface area contributed by atoms with Crippen LogP contribution in [0.5, 0.6) is 0 Å². The molecule has 0 aliphatic rings. The van der Waals surface area contributed by atoms with Gasteiger partial charge in [0.1, 0.15) is 6.04 Å². The summed E-state index contributed by atoms with van der Waals surface area (Å²) in [5.41, 5.74) is 0. The maximum Gasteiger partial charge on any atom is 0.328 e. The third kappa shape index (κ3) is 3.50. The molecule has 0 fully saturated rings. The summed E-state index contributed by atoms with van der Waals surface area (Å²) >= 11 is 1.61. The van der Waals surface area contributed by atoms with E-state index < -0.39 is 12.0 Å². The molecule has 4 heteroatoms. The Morgan fingerprint density at radius 3 is 2.80 bits per heavy atom. The van der Waals surface area contributed by atoms with E-state index in [4.69, 9.17) is 5.11 Å². The lowest BCUT2D eigenvalue weighted by Gasteiger charge is -2.03. The molecule has 0 radical (unpaired) electrons. The van der Waals surface area contributed by atoms with Gasteiger partial charge in [-0.2, -0.15) is 11.8 Å². The van der Waals surface area contributed by atoms with E-state index >= 15 is 0 Å². The maximum atomic E-state index is 10.3. The number of nitrogens with zero attached hydrogens (tertiary/aromatic N) is 1. The summed E-state index contributed by atoms with van der Waals surface area (Å²) in [6.45, 7) is 3.20. The van der Waals surface area contributed by atoms with Gasteiger partial charge in [-0.05, 0) is 25.1 Å². The number of rotatable bonds is 5. The van der Waals surface area contributed by atoms with Crippen LogP contribution in [0.3, 0.4) is 0 Å². The first-order valence-corrected chi connectivity index (χ1v) is 4.29. The molecule has 0 amide bonds. The quantitative estimate of drug-likeness (QED) is 0.609. The molecule has 1 N–H and O–H groups in total. The van der Waals surface area contributed by atoms with Gasteiger partial charge in [-0.15, -0.1) is 0 Å². The van der Waals surface area contributed by atoms with Crippen LogP contribution in [0.4, 0.5) is 0 Å². The summed E-state index contributed by atoms with van der Waals surface area (Å²) < 4.78 is 0. The van der Waals surface area contributed by atoms with Crippen molar-refractivity contribution < 1.29 is 9.90 Å². The summed E-state index contributed by atoms with van der Waals surface area (Å²) in [5.74, 6) is -0.0697. The molecule has 1 atom stereocenters. The Bertz CT molecular complexity index is 127. The van der Waals surface area contributed by atoms with Crippen LogP contribution < -0.4 is 0 Å². The Labute approximate surface area is 64.5 Å². The molecule has 3 nitrogen and oxygen atoms in total. The molecule has 0 rings (SSSR count). The Kier molecular flexibility index (Phi) is 5.02. The van der Waals surface area contributed by atoms with Gasteiger partial charge >= 0.3 is 5.97 Å². The van der Waals surface area contributed by atoms with E-state index in [1.54, 1.807) is 11.8 Å². The van der Waals surface area contributed by atoms with Crippen molar-refractivity contribution in [3.8, 4) is 0 Å². The maximum absolute atomic E-state index is 10.3.